The van der Waals surface area contributed by atoms with Crippen LogP contribution >= 0.6 is 0 Å². The Morgan fingerprint density at radius 2 is 1.81 bits per heavy atom. The third kappa shape index (κ3) is 4.36. The maximum Gasteiger partial charge on any atom is 0.244 e. The quantitative estimate of drug-likeness (QED) is 0.716. The van der Waals surface area contributed by atoms with Gasteiger partial charge in [0, 0.05) is 64.0 Å². The van der Waals surface area contributed by atoms with Crippen LogP contribution < -0.4 is 4.90 Å². The molecule has 3 fully saturated rings. The zero-order valence-corrected chi connectivity index (χ0v) is 19.1. The lowest BCUT2D eigenvalue weighted by Crippen LogP contribution is -2.46. The number of carbonyl (C=O) groups is 1. The van der Waals surface area contributed by atoms with Crippen LogP contribution in [0.5, 0.6) is 0 Å². The molecule has 1 amide bonds. The van der Waals surface area contributed by atoms with E-state index in [1.165, 1.54) is 0 Å². The van der Waals surface area contributed by atoms with E-state index in [2.05, 4.69) is 38.0 Å². The van der Waals surface area contributed by atoms with Crippen LogP contribution in [0.4, 0.5) is 5.82 Å². The van der Waals surface area contributed by atoms with E-state index in [9.17, 15) is 4.79 Å². The molecular formula is C23H33N7O2. The number of aromatic nitrogens is 3. The predicted octanol–water partition coefficient (Wildman–Crippen LogP) is 2.03. The minimum Gasteiger partial charge on any atom is -0.354 e. The van der Waals surface area contributed by atoms with Crippen LogP contribution in [-0.2, 0) is 4.79 Å². The van der Waals surface area contributed by atoms with E-state index in [1.807, 2.05) is 17.2 Å². The number of carbonyl (C=O) groups excluding carboxylic acids is 1. The van der Waals surface area contributed by atoms with Crippen molar-refractivity contribution in [2.24, 2.45) is 0 Å². The highest BCUT2D eigenvalue weighted by molar-refractivity contribution is 5.73. The van der Waals surface area contributed by atoms with E-state index in [0.717, 1.165) is 82.9 Å². The Morgan fingerprint density at radius 1 is 1.03 bits per heavy atom. The van der Waals surface area contributed by atoms with E-state index in [0.29, 0.717) is 17.8 Å². The molecule has 0 aliphatic carbocycles. The summed E-state index contributed by atoms with van der Waals surface area (Å²) in [6, 6.07) is 4.74. The molecule has 0 N–H and O–H groups in total. The molecule has 0 spiro atoms. The van der Waals surface area contributed by atoms with Gasteiger partial charge in [-0.1, -0.05) is 5.16 Å². The summed E-state index contributed by atoms with van der Waals surface area (Å²) in [6.07, 6.45) is 6.04. The standard InChI is InChI=1S/C23H33N7O2/c1-17(31)28-10-7-19(8-11-28)30-9-3-4-20(30)23-25-22(26-32-23)18-5-6-21(24-16-18)29-14-12-27(2)13-15-29/h5-6,16,19-20H,3-4,7-15H2,1-2H3/t20-/m0/s1. The van der Waals surface area contributed by atoms with Crippen molar-refractivity contribution in [3.63, 3.8) is 0 Å². The van der Waals surface area contributed by atoms with E-state index in [4.69, 9.17) is 9.51 Å². The molecule has 2 aromatic heterocycles. The minimum absolute atomic E-state index is 0.169. The van der Waals surface area contributed by atoms with Crippen molar-refractivity contribution < 1.29 is 9.32 Å². The van der Waals surface area contributed by atoms with Gasteiger partial charge >= 0.3 is 0 Å². The average molecular weight is 440 g/mol. The molecule has 5 rings (SSSR count). The summed E-state index contributed by atoms with van der Waals surface area (Å²) >= 11 is 0. The van der Waals surface area contributed by atoms with Crippen LogP contribution in [0.1, 0.15) is 44.5 Å². The molecule has 0 bridgehead atoms. The number of hydrogen-bond donors (Lipinski definition) is 0. The maximum absolute atomic E-state index is 11.6. The number of anilines is 1. The molecule has 0 saturated carbocycles. The number of amides is 1. The zero-order chi connectivity index (χ0) is 22.1. The van der Waals surface area contributed by atoms with E-state index < -0.39 is 0 Å². The Bertz CT molecular complexity index is 915. The second kappa shape index (κ2) is 9.15. The van der Waals surface area contributed by atoms with Crippen molar-refractivity contribution in [1.29, 1.82) is 0 Å². The molecule has 0 aromatic carbocycles. The summed E-state index contributed by atoms with van der Waals surface area (Å²) in [5, 5.41) is 4.27. The monoisotopic (exact) mass is 439 g/mol. The third-order valence-corrected chi connectivity index (χ3v) is 7.23. The number of hydrogen-bond acceptors (Lipinski definition) is 8. The molecule has 0 radical (unpaired) electrons. The number of piperazine rings is 1. The Hall–Kier alpha value is -2.52. The van der Waals surface area contributed by atoms with Crippen molar-refractivity contribution >= 4 is 11.7 Å². The molecule has 5 heterocycles. The van der Waals surface area contributed by atoms with Crippen molar-refractivity contribution in [2.75, 3.05) is 57.8 Å². The van der Waals surface area contributed by atoms with Gasteiger partial charge in [0.25, 0.3) is 0 Å². The second-order valence-corrected chi connectivity index (χ2v) is 9.28. The highest BCUT2D eigenvalue weighted by Crippen LogP contribution is 2.36. The predicted molar refractivity (Wildman–Crippen MR) is 121 cm³/mol. The van der Waals surface area contributed by atoms with Gasteiger partial charge in [0.15, 0.2) is 0 Å². The first kappa shape index (κ1) is 21.3. The van der Waals surface area contributed by atoms with Gasteiger partial charge in [-0.15, -0.1) is 0 Å². The van der Waals surface area contributed by atoms with Gasteiger partial charge in [-0.05, 0) is 51.4 Å². The van der Waals surface area contributed by atoms with Gasteiger partial charge in [0.05, 0.1) is 6.04 Å². The first-order valence-corrected chi connectivity index (χ1v) is 11.8. The topological polar surface area (TPSA) is 81.8 Å². The summed E-state index contributed by atoms with van der Waals surface area (Å²) in [7, 11) is 2.15. The first-order valence-electron chi connectivity index (χ1n) is 11.8. The zero-order valence-electron chi connectivity index (χ0n) is 19.1. The smallest absolute Gasteiger partial charge is 0.244 e. The average Bonchev–Trinajstić information content (AvgIpc) is 3.50. The number of likely N-dealkylation sites (tertiary alicyclic amines) is 2. The Balaban J connectivity index is 1.25. The van der Waals surface area contributed by atoms with Gasteiger partial charge in [-0.3, -0.25) is 9.69 Å². The van der Waals surface area contributed by atoms with Gasteiger partial charge in [0.1, 0.15) is 5.82 Å². The summed E-state index contributed by atoms with van der Waals surface area (Å²) in [5.41, 5.74) is 0.886. The maximum atomic E-state index is 11.6. The van der Waals surface area contributed by atoms with Gasteiger partial charge in [0.2, 0.25) is 17.6 Å². The van der Waals surface area contributed by atoms with Crippen molar-refractivity contribution in [1.82, 2.24) is 29.8 Å². The molecule has 3 aliphatic heterocycles. The molecule has 2 aromatic rings. The number of likely N-dealkylation sites (N-methyl/N-ethyl adjacent to an activating group) is 1. The largest absolute Gasteiger partial charge is 0.354 e. The molecule has 3 saturated heterocycles. The number of rotatable bonds is 4. The van der Waals surface area contributed by atoms with Crippen LogP contribution in [0.15, 0.2) is 22.9 Å². The molecule has 9 heteroatoms. The third-order valence-electron chi connectivity index (χ3n) is 7.23. The van der Waals surface area contributed by atoms with Crippen LogP contribution in [0, 0.1) is 0 Å². The fraction of sp³-hybridized carbons (Fsp3) is 0.652. The normalized spacial score (nSPS) is 23.8. The molecule has 0 unspecified atom stereocenters. The second-order valence-electron chi connectivity index (χ2n) is 9.28. The SMILES string of the molecule is CC(=O)N1CCC(N2CCC[C@H]2c2nc(-c3ccc(N4CCN(C)CC4)nc3)no2)CC1. The fourth-order valence-corrected chi connectivity index (χ4v) is 5.23. The van der Waals surface area contributed by atoms with Gasteiger partial charge in [-0.2, -0.15) is 4.98 Å². The molecule has 32 heavy (non-hydrogen) atoms. The molecule has 9 nitrogen and oxygen atoms in total. The lowest BCUT2D eigenvalue weighted by atomic mass is 10.0. The highest BCUT2D eigenvalue weighted by atomic mass is 16.5. The van der Waals surface area contributed by atoms with Crippen LogP contribution in [0.2, 0.25) is 0 Å². The number of nitrogens with zero attached hydrogens (tertiary/aromatic N) is 7. The van der Waals surface area contributed by atoms with E-state index in [-0.39, 0.29) is 11.9 Å². The Kier molecular flexibility index (Phi) is 6.10. The fourth-order valence-electron chi connectivity index (χ4n) is 5.23. The van der Waals surface area contributed by atoms with E-state index >= 15 is 0 Å². The van der Waals surface area contributed by atoms with Crippen LogP contribution in [0.25, 0.3) is 11.4 Å². The van der Waals surface area contributed by atoms with Gasteiger partial charge in [-0.25, -0.2) is 4.98 Å². The summed E-state index contributed by atoms with van der Waals surface area (Å²) in [5.74, 6) is 2.49. The number of piperidine rings is 1. The Morgan fingerprint density at radius 3 is 2.50 bits per heavy atom. The van der Waals surface area contributed by atoms with Crippen LogP contribution in [0.3, 0.4) is 0 Å². The summed E-state index contributed by atoms with van der Waals surface area (Å²) in [4.78, 5) is 30.2. The molecule has 1 atom stereocenters. The first-order chi connectivity index (χ1) is 15.6. The molecule has 172 valence electrons. The van der Waals surface area contributed by atoms with Crippen molar-refractivity contribution in [3.8, 4) is 11.4 Å². The minimum atomic E-state index is 0.169. The van der Waals surface area contributed by atoms with Crippen molar-refractivity contribution in [3.05, 3.63) is 24.2 Å². The Labute approximate surface area is 189 Å². The highest BCUT2D eigenvalue weighted by Gasteiger charge is 2.37. The van der Waals surface area contributed by atoms with Crippen LogP contribution in [-0.4, -0.2) is 94.6 Å². The summed E-state index contributed by atoms with van der Waals surface area (Å²) in [6.45, 7) is 8.50. The number of pyridine rings is 1. The lowest BCUT2D eigenvalue weighted by Gasteiger charge is -2.38. The molecular weight excluding hydrogens is 406 g/mol. The van der Waals surface area contributed by atoms with Gasteiger partial charge < -0.3 is 19.2 Å². The van der Waals surface area contributed by atoms with E-state index in [1.54, 1.807) is 6.92 Å². The summed E-state index contributed by atoms with van der Waals surface area (Å²) < 4.78 is 5.73. The lowest BCUT2D eigenvalue weighted by molar-refractivity contribution is -0.130. The molecule has 3 aliphatic rings. The van der Waals surface area contributed by atoms with Crippen molar-refractivity contribution in [2.45, 2.75) is 44.7 Å².